The highest BCUT2D eigenvalue weighted by atomic mass is 35.5. The minimum atomic E-state index is 0. The van der Waals surface area contributed by atoms with Crippen LogP contribution in [0.5, 0.6) is 5.75 Å². The lowest BCUT2D eigenvalue weighted by molar-refractivity contribution is 0.325. The maximum absolute atomic E-state index is 5.88. The third kappa shape index (κ3) is 4.19. The summed E-state index contributed by atoms with van der Waals surface area (Å²) in [6.07, 6.45) is 1.12. The molecule has 17 heavy (non-hydrogen) atoms. The van der Waals surface area contributed by atoms with Crippen LogP contribution in [0.3, 0.4) is 0 Å². The summed E-state index contributed by atoms with van der Waals surface area (Å²) in [5, 5.41) is 0. The molecular formula is C13H21ClN2O. The van der Waals surface area contributed by atoms with Crippen LogP contribution in [0, 0.1) is 0 Å². The van der Waals surface area contributed by atoms with Gasteiger partial charge in [0, 0.05) is 25.7 Å². The highest BCUT2D eigenvalue weighted by Crippen LogP contribution is 2.16. The third-order valence-corrected chi connectivity index (χ3v) is 2.95. The number of halogens is 1. The summed E-state index contributed by atoms with van der Waals surface area (Å²) in [4.78, 5) is 2.40. The van der Waals surface area contributed by atoms with E-state index in [9.17, 15) is 0 Å². The lowest BCUT2D eigenvalue weighted by Gasteiger charge is -2.15. The van der Waals surface area contributed by atoms with Crippen molar-refractivity contribution in [3.8, 4) is 5.75 Å². The summed E-state index contributed by atoms with van der Waals surface area (Å²) >= 11 is 0. The smallest absolute Gasteiger partial charge is 0.119 e. The largest absolute Gasteiger partial charge is 0.494 e. The van der Waals surface area contributed by atoms with Gasteiger partial charge in [0.2, 0.25) is 0 Å². The van der Waals surface area contributed by atoms with E-state index >= 15 is 0 Å². The number of rotatable bonds is 4. The van der Waals surface area contributed by atoms with E-state index in [2.05, 4.69) is 17.0 Å². The van der Waals surface area contributed by atoms with Gasteiger partial charge in [0.05, 0.1) is 6.61 Å². The second-order valence-corrected chi connectivity index (χ2v) is 4.36. The minimum Gasteiger partial charge on any atom is -0.494 e. The van der Waals surface area contributed by atoms with E-state index in [4.69, 9.17) is 10.5 Å². The Hall–Kier alpha value is -0.770. The highest BCUT2D eigenvalue weighted by molar-refractivity contribution is 5.85. The van der Waals surface area contributed by atoms with Gasteiger partial charge < -0.3 is 10.5 Å². The molecule has 0 radical (unpaired) electrons. The Balaban J connectivity index is 0.00000144. The number of likely N-dealkylation sites (tertiary alicyclic amines) is 1. The molecule has 1 aliphatic rings. The van der Waals surface area contributed by atoms with Crippen LogP contribution in [-0.2, 0) is 6.54 Å². The molecule has 0 spiro atoms. The van der Waals surface area contributed by atoms with Gasteiger partial charge in [-0.05, 0) is 31.0 Å². The van der Waals surface area contributed by atoms with Crippen LogP contribution in [0.1, 0.15) is 18.9 Å². The molecule has 1 aliphatic heterocycles. The fraction of sp³-hybridized carbons (Fsp3) is 0.538. The zero-order chi connectivity index (χ0) is 11.4. The Labute approximate surface area is 109 Å². The summed E-state index contributed by atoms with van der Waals surface area (Å²) in [5.41, 5.74) is 7.21. The molecule has 96 valence electrons. The van der Waals surface area contributed by atoms with Crippen molar-refractivity contribution in [2.75, 3.05) is 19.7 Å². The molecule has 1 fully saturated rings. The summed E-state index contributed by atoms with van der Waals surface area (Å²) in [5.74, 6) is 0.948. The Bertz CT molecular complexity index is 329. The molecule has 1 aromatic carbocycles. The SMILES string of the molecule is CCOc1ccc(CN2CC[C@@H](N)C2)cc1.Cl. The number of nitrogens with zero attached hydrogens (tertiary/aromatic N) is 1. The molecule has 0 unspecified atom stereocenters. The van der Waals surface area contributed by atoms with Gasteiger partial charge >= 0.3 is 0 Å². The van der Waals surface area contributed by atoms with E-state index in [1.807, 2.05) is 19.1 Å². The first-order chi connectivity index (χ1) is 7.78. The average molecular weight is 257 g/mol. The maximum Gasteiger partial charge on any atom is 0.119 e. The Morgan fingerprint density at radius 2 is 2.06 bits per heavy atom. The lowest BCUT2D eigenvalue weighted by atomic mass is 10.2. The fourth-order valence-corrected chi connectivity index (χ4v) is 2.12. The van der Waals surface area contributed by atoms with E-state index in [0.29, 0.717) is 6.04 Å². The van der Waals surface area contributed by atoms with Crippen molar-refractivity contribution in [1.29, 1.82) is 0 Å². The second-order valence-electron chi connectivity index (χ2n) is 4.36. The average Bonchev–Trinajstić information content (AvgIpc) is 2.67. The first kappa shape index (κ1) is 14.3. The molecule has 0 aliphatic carbocycles. The fourth-order valence-electron chi connectivity index (χ4n) is 2.12. The molecule has 0 saturated carbocycles. The Morgan fingerprint density at radius 1 is 1.35 bits per heavy atom. The van der Waals surface area contributed by atoms with Gasteiger partial charge in [0.25, 0.3) is 0 Å². The normalized spacial score (nSPS) is 20.0. The predicted molar refractivity (Wildman–Crippen MR) is 72.7 cm³/mol. The summed E-state index contributed by atoms with van der Waals surface area (Å²) in [6.45, 7) is 5.86. The first-order valence-electron chi connectivity index (χ1n) is 5.97. The number of benzene rings is 1. The van der Waals surface area contributed by atoms with Gasteiger partial charge in [-0.2, -0.15) is 0 Å². The third-order valence-electron chi connectivity index (χ3n) is 2.95. The van der Waals surface area contributed by atoms with Gasteiger partial charge in [-0.3, -0.25) is 4.90 Å². The quantitative estimate of drug-likeness (QED) is 0.896. The van der Waals surface area contributed by atoms with Crippen LogP contribution in [0.15, 0.2) is 24.3 Å². The van der Waals surface area contributed by atoms with Gasteiger partial charge in [-0.1, -0.05) is 12.1 Å². The second kappa shape index (κ2) is 6.84. The van der Waals surface area contributed by atoms with Gasteiger partial charge in [0.15, 0.2) is 0 Å². The molecule has 1 saturated heterocycles. The Morgan fingerprint density at radius 3 is 2.59 bits per heavy atom. The van der Waals surface area contributed by atoms with E-state index in [-0.39, 0.29) is 12.4 Å². The number of hydrogen-bond acceptors (Lipinski definition) is 3. The standard InChI is InChI=1S/C13H20N2O.ClH/c1-2-16-13-5-3-11(4-6-13)9-15-8-7-12(14)10-15;/h3-6,12H,2,7-10,14H2,1H3;1H/t12-;/m1./s1. The predicted octanol–water partition coefficient (Wildman–Crippen LogP) is 2.04. The summed E-state index contributed by atoms with van der Waals surface area (Å²) < 4.78 is 5.41. The van der Waals surface area contributed by atoms with Gasteiger partial charge in [-0.15, -0.1) is 12.4 Å². The molecular weight excluding hydrogens is 236 g/mol. The van der Waals surface area contributed by atoms with E-state index in [1.54, 1.807) is 0 Å². The van der Waals surface area contributed by atoms with E-state index in [1.165, 1.54) is 5.56 Å². The number of hydrogen-bond donors (Lipinski definition) is 1. The molecule has 0 amide bonds. The number of ether oxygens (including phenoxy) is 1. The summed E-state index contributed by atoms with van der Waals surface area (Å²) in [6, 6.07) is 8.70. The first-order valence-corrected chi connectivity index (χ1v) is 5.97. The topological polar surface area (TPSA) is 38.5 Å². The minimum absolute atomic E-state index is 0. The lowest BCUT2D eigenvalue weighted by Crippen LogP contribution is -2.26. The van der Waals surface area contributed by atoms with Crippen molar-refractivity contribution in [3.63, 3.8) is 0 Å². The molecule has 0 aromatic heterocycles. The van der Waals surface area contributed by atoms with Crippen LogP contribution in [0.25, 0.3) is 0 Å². The van der Waals surface area contributed by atoms with Gasteiger partial charge in [-0.25, -0.2) is 0 Å². The molecule has 3 nitrogen and oxygen atoms in total. The Kier molecular flexibility index (Phi) is 5.75. The van der Waals surface area contributed by atoms with Crippen molar-refractivity contribution >= 4 is 12.4 Å². The van der Waals surface area contributed by atoms with Crippen LogP contribution < -0.4 is 10.5 Å². The number of nitrogens with two attached hydrogens (primary N) is 1. The van der Waals surface area contributed by atoms with E-state index < -0.39 is 0 Å². The molecule has 1 atom stereocenters. The van der Waals surface area contributed by atoms with Crippen LogP contribution in [0.2, 0.25) is 0 Å². The maximum atomic E-state index is 5.88. The van der Waals surface area contributed by atoms with E-state index in [0.717, 1.165) is 38.4 Å². The van der Waals surface area contributed by atoms with Crippen molar-refractivity contribution in [3.05, 3.63) is 29.8 Å². The van der Waals surface area contributed by atoms with Crippen molar-refractivity contribution in [2.45, 2.75) is 25.9 Å². The molecule has 1 aromatic rings. The molecule has 2 N–H and O–H groups in total. The molecule has 4 heteroatoms. The molecule has 1 heterocycles. The summed E-state index contributed by atoms with van der Waals surface area (Å²) in [7, 11) is 0. The van der Waals surface area contributed by atoms with Crippen LogP contribution in [-0.4, -0.2) is 30.6 Å². The zero-order valence-electron chi connectivity index (χ0n) is 10.3. The van der Waals surface area contributed by atoms with Crippen molar-refractivity contribution in [2.24, 2.45) is 5.73 Å². The highest BCUT2D eigenvalue weighted by Gasteiger charge is 2.18. The van der Waals surface area contributed by atoms with Crippen LogP contribution >= 0.6 is 12.4 Å². The van der Waals surface area contributed by atoms with Crippen molar-refractivity contribution < 1.29 is 4.74 Å². The van der Waals surface area contributed by atoms with Crippen molar-refractivity contribution in [1.82, 2.24) is 4.90 Å². The zero-order valence-corrected chi connectivity index (χ0v) is 11.1. The monoisotopic (exact) mass is 256 g/mol. The molecule has 0 bridgehead atoms. The van der Waals surface area contributed by atoms with Crippen LogP contribution in [0.4, 0.5) is 0 Å². The molecule has 2 rings (SSSR count). The van der Waals surface area contributed by atoms with Gasteiger partial charge in [0.1, 0.15) is 5.75 Å².